The summed E-state index contributed by atoms with van der Waals surface area (Å²) >= 11 is 0. The Morgan fingerprint density at radius 1 is 1.47 bits per heavy atom. The molecular formula is C12H14N4O. The van der Waals surface area contributed by atoms with Crippen LogP contribution in [0.25, 0.3) is 0 Å². The lowest BCUT2D eigenvalue weighted by Gasteiger charge is -2.07. The molecule has 0 saturated carbocycles. The Kier molecular flexibility index (Phi) is 3.30. The second-order valence-corrected chi connectivity index (χ2v) is 3.92. The summed E-state index contributed by atoms with van der Waals surface area (Å²) in [6, 6.07) is 3.01. The Bertz CT molecular complexity index is 506. The number of hydrogen-bond acceptors (Lipinski definition) is 4. The number of carbonyl (C=O) groups is 1. The van der Waals surface area contributed by atoms with Gasteiger partial charge in [-0.3, -0.25) is 14.5 Å². The highest BCUT2D eigenvalue weighted by Crippen LogP contribution is 2.12. The van der Waals surface area contributed by atoms with Gasteiger partial charge in [0.25, 0.3) is 0 Å². The normalized spacial score (nSPS) is 12.4. The van der Waals surface area contributed by atoms with Crippen LogP contribution in [-0.2, 0) is 18.3 Å². The lowest BCUT2D eigenvalue weighted by atomic mass is 10.0. The van der Waals surface area contributed by atoms with Gasteiger partial charge in [-0.1, -0.05) is 0 Å². The number of hydrogen-bond donors (Lipinski definition) is 1. The van der Waals surface area contributed by atoms with Crippen molar-refractivity contribution in [1.29, 1.82) is 0 Å². The van der Waals surface area contributed by atoms with E-state index in [1.165, 1.54) is 0 Å². The van der Waals surface area contributed by atoms with Crippen LogP contribution in [0.15, 0.2) is 36.9 Å². The van der Waals surface area contributed by atoms with Crippen molar-refractivity contribution in [2.75, 3.05) is 0 Å². The van der Waals surface area contributed by atoms with Gasteiger partial charge < -0.3 is 5.73 Å². The SMILES string of the molecule is Cn1cc(C(N)C(=O)Cc2ccncc2)cn1. The minimum absolute atomic E-state index is 0.0239. The molecule has 1 atom stereocenters. The summed E-state index contributed by atoms with van der Waals surface area (Å²) in [5.41, 5.74) is 7.54. The van der Waals surface area contributed by atoms with E-state index in [0.717, 1.165) is 11.1 Å². The highest BCUT2D eigenvalue weighted by Gasteiger charge is 2.17. The second kappa shape index (κ2) is 4.88. The van der Waals surface area contributed by atoms with Crippen LogP contribution in [0, 0.1) is 0 Å². The van der Waals surface area contributed by atoms with Gasteiger partial charge >= 0.3 is 0 Å². The van der Waals surface area contributed by atoms with Crippen LogP contribution >= 0.6 is 0 Å². The van der Waals surface area contributed by atoms with Crippen LogP contribution in [0.3, 0.4) is 0 Å². The fourth-order valence-electron chi connectivity index (χ4n) is 1.60. The van der Waals surface area contributed by atoms with Gasteiger partial charge in [-0.2, -0.15) is 5.10 Å². The highest BCUT2D eigenvalue weighted by molar-refractivity contribution is 5.86. The molecule has 0 aliphatic carbocycles. The summed E-state index contributed by atoms with van der Waals surface area (Å²) in [7, 11) is 1.80. The molecular weight excluding hydrogens is 216 g/mol. The molecule has 0 fully saturated rings. The Balaban J connectivity index is 2.06. The van der Waals surface area contributed by atoms with Gasteiger partial charge in [-0.25, -0.2) is 0 Å². The molecule has 2 heterocycles. The summed E-state index contributed by atoms with van der Waals surface area (Å²) in [6.45, 7) is 0. The minimum Gasteiger partial charge on any atom is -0.318 e. The van der Waals surface area contributed by atoms with E-state index in [1.807, 2.05) is 12.1 Å². The summed E-state index contributed by atoms with van der Waals surface area (Å²) in [5.74, 6) is -0.0239. The molecule has 2 rings (SSSR count). The molecule has 0 aromatic carbocycles. The van der Waals surface area contributed by atoms with Gasteiger partial charge in [0.15, 0.2) is 5.78 Å². The molecule has 5 heteroatoms. The maximum Gasteiger partial charge on any atom is 0.158 e. The van der Waals surface area contributed by atoms with Crippen LogP contribution in [0.4, 0.5) is 0 Å². The molecule has 0 radical (unpaired) electrons. The Hall–Kier alpha value is -2.01. The van der Waals surface area contributed by atoms with Gasteiger partial charge in [-0.05, 0) is 17.7 Å². The highest BCUT2D eigenvalue weighted by atomic mass is 16.1. The molecule has 5 nitrogen and oxygen atoms in total. The minimum atomic E-state index is -0.614. The van der Waals surface area contributed by atoms with Crippen LogP contribution in [0.5, 0.6) is 0 Å². The smallest absolute Gasteiger partial charge is 0.158 e. The molecule has 0 amide bonds. The molecule has 0 bridgehead atoms. The van der Waals surface area contributed by atoms with Gasteiger partial charge in [0, 0.05) is 37.6 Å². The first kappa shape index (κ1) is 11.5. The molecule has 1 unspecified atom stereocenters. The number of rotatable bonds is 4. The first-order chi connectivity index (χ1) is 8.16. The molecule has 0 spiro atoms. The third-order valence-electron chi connectivity index (χ3n) is 2.56. The number of Topliss-reactive ketones (excluding diaryl/α,β-unsaturated/α-hetero) is 1. The van der Waals surface area contributed by atoms with E-state index in [-0.39, 0.29) is 5.78 Å². The number of ketones is 1. The zero-order valence-corrected chi connectivity index (χ0v) is 9.58. The maximum atomic E-state index is 11.9. The molecule has 88 valence electrons. The fourth-order valence-corrected chi connectivity index (χ4v) is 1.60. The van der Waals surface area contributed by atoms with Crippen LogP contribution in [0.2, 0.25) is 0 Å². The van der Waals surface area contributed by atoms with Crippen molar-refractivity contribution in [3.05, 3.63) is 48.0 Å². The molecule has 2 aromatic rings. The number of aryl methyl sites for hydroxylation is 1. The van der Waals surface area contributed by atoms with Crippen LogP contribution < -0.4 is 5.73 Å². The van der Waals surface area contributed by atoms with Crippen molar-refractivity contribution in [3.63, 3.8) is 0 Å². The summed E-state index contributed by atoms with van der Waals surface area (Å²) in [4.78, 5) is 15.8. The Labute approximate surface area is 99.3 Å². The fraction of sp³-hybridized carbons (Fsp3) is 0.250. The predicted octanol–water partition coefficient (Wildman–Crippen LogP) is 0.627. The zero-order chi connectivity index (χ0) is 12.3. The van der Waals surface area contributed by atoms with E-state index >= 15 is 0 Å². The first-order valence-corrected chi connectivity index (χ1v) is 5.32. The van der Waals surface area contributed by atoms with E-state index in [2.05, 4.69) is 10.1 Å². The summed E-state index contributed by atoms with van der Waals surface area (Å²) in [6.07, 6.45) is 7.03. The average molecular weight is 230 g/mol. The molecule has 0 saturated heterocycles. The largest absolute Gasteiger partial charge is 0.318 e. The Morgan fingerprint density at radius 3 is 2.76 bits per heavy atom. The van der Waals surface area contributed by atoms with Crippen molar-refractivity contribution in [1.82, 2.24) is 14.8 Å². The molecule has 2 aromatic heterocycles. The van der Waals surface area contributed by atoms with Crippen molar-refractivity contribution in [2.24, 2.45) is 12.8 Å². The van der Waals surface area contributed by atoms with Crippen molar-refractivity contribution >= 4 is 5.78 Å². The van der Waals surface area contributed by atoms with Crippen LogP contribution in [0.1, 0.15) is 17.2 Å². The number of carbonyl (C=O) groups excluding carboxylic acids is 1. The second-order valence-electron chi connectivity index (χ2n) is 3.92. The standard InChI is InChI=1S/C12H14N4O/c1-16-8-10(7-15-16)12(13)11(17)6-9-2-4-14-5-3-9/h2-5,7-8,12H,6,13H2,1H3. The van der Waals surface area contributed by atoms with Gasteiger partial charge in [0.05, 0.1) is 12.2 Å². The van der Waals surface area contributed by atoms with Crippen molar-refractivity contribution < 1.29 is 4.79 Å². The van der Waals surface area contributed by atoms with E-state index in [4.69, 9.17) is 5.73 Å². The summed E-state index contributed by atoms with van der Waals surface area (Å²) in [5, 5.41) is 4.00. The monoisotopic (exact) mass is 230 g/mol. The number of nitrogens with zero attached hydrogens (tertiary/aromatic N) is 3. The van der Waals surface area contributed by atoms with Crippen LogP contribution in [-0.4, -0.2) is 20.5 Å². The Morgan fingerprint density at radius 2 is 2.18 bits per heavy atom. The number of nitrogens with two attached hydrogens (primary N) is 1. The third-order valence-corrected chi connectivity index (χ3v) is 2.56. The van der Waals surface area contributed by atoms with Gasteiger partial charge in [0.1, 0.15) is 0 Å². The quantitative estimate of drug-likeness (QED) is 0.835. The predicted molar refractivity (Wildman–Crippen MR) is 63.1 cm³/mol. The zero-order valence-electron chi connectivity index (χ0n) is 9.58. The third kappa shape index (κ3) is 2.76. The molecule has 17 heavy (non-hydrogen) atoms. The van der Waals surface area contributed by atoms with E-state index in [9.17, 15) is 4.79 Å². The lowest BCUT2D eigenvalue weighted by Crippen LogP contribution is -2.22. The summed E-state index contributed by atoms with van der Waals surface area (Å²) < 4.78 is 1.63. The van der Waals surface area contributed by atoms with Gasteiger partial charge in [-0.15, -0.1) is 0 Å². The van der Waals surface area contributed by atoms with Gasteiger partial charge in [0.2, 0.25) is 0 Å². The van der Waals surface area contributed by atoms with Crippen molar-refractivity contribution in [2.45, 2.75) is 12.5 Å². The first-order valence-electron chi connectivity index (χ1n) is 5.32. The maximum absolute atomic E-state index is 11.9. The molecule has 0 aliphatic rings. The van der Waals surface area contributed by atoms with E-state index in [1.54, 1.807) is 36.5 Å². The van der Waals surface area contributed by atoms with Crippen molar-refractivity contribution in [3.8, 4) is 0 Å². The van der Waals surface area contributed by atoms with E-state index < -0.39 is 6.04 Å². The number of pyridine rings is 1. The lowest BCUT2D eigenvalue weighted by molar-refractivity contribution is -0.119. The molecule has 0 aliphatic heterocycles. The number of aromatic nitrogens is 3. The van der Waals surface area contributed by atoms with E-state index in [0.29, 0.717) is 6.42 Å². The average Bonchev–Trinajstić information content (AvgIpc) is 2.76. The topological polar surface area (TPSA) is 73.8 Å². The molecule has 2 N–H and O–H groups in total.